The van der Waals surface area contributed by atoms with Crippen molar-refractivity contribution in [3.05, 3.63) is 54.6 Å². The van der Waals surface area contributed by atoms with Crippen LogP contribution in [0.25, 0.3) is 11.1 Å². The van der Waals surface area contributed by atoms with Crippen molar-refractivity contribution in [2.24, 2.45) is 5.92 Å². The normalized spacial score (nSPS) is 13.1. The van der Waals surface area contributed by atoms with Crippen LogP contribution in [0.5, 0.6) is 0 Å². The molecule has 0 radical (unpaired) electrons. The molecule has 0 saturated heterocycles. The van der Waals surface area contributed by atoms with Crippen molar-refractivity contribution in [2.75, 3.05) is 16.4 Å². The lowest BCUT2D eigenvalue weighted by Gasteiger charge is -2.10. The Morgan fingerprint density at radius 2 is 1.75 bits per heavy atom. The number of hydrogen-bond acceptors (Lipinski definition) is 6. The lowest BCUT2D eigenvalue weighted by atomic mass is 10.0. The number of amides is 2. The van der Waals surface area contributed by atoms with Crippen LogP contribution in [0.2, 0.25) is 0 Å². The lowest BCUT2D eigenvalue weighted by Crippen LogP contribution is -2.14. The van der Waals surface area contributed by atoms with E-state index in [1.165, 1.54) is 23.1 Å². The monoisotopic (exact) mass is 410 g/mol. The fraction of sp³-hybridized carbons (Fsp3) is 0.200. The molecule has 0 bridgehead atoms. The minimum atomic E-state index is -0.118. The Hall–Kier alpha value is -2.71. The Morgan fingerprint density at radius 3 is 2.54 bits per heavy atom. The quantitative estimate of drug-likeness (QED) is 0.449. The molecule has 1 heterocycles. The molecule has 1 aromatic heterocycles. The third-order valence-electron chi connectivity index (χ3n) is 4.20. The Balaban J connectivity index is 1.34. The van der Waals surface area contributed by atoms with Gasteiger partial charge in [-0.25, -0.2) is 0 Å². The Bertz CT molecular complexity index is 987. The minimum absolute atomic E-state index is 0.00274. The number of aromatic nitrogens is 2. The second-order valence-electron chi connectivity index (χ2n) is 6.39. The molecule has 1 saturated carbocycles. The number of nitrogens with zero attached hydrogens (tertiary/aromatic N) is 2. The standard InChI is InChI=1S/C20H18N4O2S2/c25-17(12-27-20-24-23-19(28-20)22-18(26)14-10-11-14)21-16-9-5-4-8-15(16)13-6-2-1-3-7-13/h1-9,14H,10-12H2,(H,21,25)(H,22,23,26). The summed E-state index contributed by atoms with van der Waals surface area (Å²) in [6, 6.07) is 17.7. The minimum Gasteiger partial charge on any atom is -0.325 e. The van der Waals surface area contributed by atoms with E-state index < -0.39 is 0 Å². The van der Waals surface area contributed by atoms with Gasteiger partial charge in [0.1, 0.15) is 0 Å². The van der Waals surface area contributed by atoms with Gasteiger partial charge in [0, 0.05) is 17.2 Å². The Labute approximate surface area is 170 Å². The molecule has 6 nitrogen and oxygen atoms in total. The lowest BCUT2D eigenvalue weighted by molar-refractivity contribution is -0.117. The van der Waals surface area contributed by atoms with Crippen LogP contribution in [0.15, 0.2) is 58.9 Å². The van der Waals surface area contributed by atoms with Crippen LogP contribution in [0.3, 0.4) is 0 Å². The summed E-state index contributed by atoms with van der Waals surface area (Å²) < 4.78 is 0.651. The largest absolute Gasteiger partial charge is 0.325 e. The first-order valence-corrected chi connectivity index (χ1v) is 10.7. The number of carbonyl (C=O) groups excluding carboxylic acids is 2. The van der Waals surface area contributed by atoms with Crippen molar-refractivity contribution in [3.63, 3.8) is 0 Å². The molecular formula is C20H18N4O2S2. The van der Waals surface area contributed by atoms with E-state index in [2.05, 4.69) is 20.8 Å². The molecule has 3 aromatic rings. The van der Waals surface area contributed by atoms with Crippen LogP contribution in [-0.2, 0) is 9.59 Å². The maximum atomic E-state index is 12.4. The SMILES string of the molecule is O=C(CSc1nnc(NC(=O)C2CC2)s1)Nc1ccccc1-c1ccccc1. The average molecular weight is 411 g/mol. The summed E-state index contributed by atoms with van der Waals surface area (Å²) in [4.78, 5) is 24.2. The molecule has 2 aromatic carbocycles. The zero-order chi connectivity index (χ0) is 19.3. The Morgan fingerprint density at radius 1 is 1.00 bits per heavy atom. The van der Waals surface area contributed by atoms with E-state index in [1.807, 2.05) is 54.6 Å². The molecule has 2 amide bonds. The summed E-state index contributed by atoms with van der Waals surface area (Å²) in [5, 5.41) is 14.2. The number of hydrogen-bond donors (Lipinski definition) is 2. The maximum Gasteiger partial charge on any atom is 0.234 e. The van der Waals surface area contributed by atoms with Gasteiger partial charge in [0.15, 0.2) is 4.34 Å². The summed E-state index contributed by atoms with van der Waals surface area (Å²) in [5.74, 6) is 0.222. The highest BCUT2D eigenvalue weighted by Crippen LogP contribution is 2.32. The van der Waals surface area contributed by atoms with Gasteiger partial charge in [-0.15, -0.1) is 10.2 Å². The summed E-state index contributed by atoms with van der Waals surface area (Å²) in [7, 11) is 0. The predicted molar refractivity (Wildman–Crippen MR) is 112 cm³/mol. The number of para-hydroxylation sites is 1. The molecule has 28 heavy (non-hydrogen) atoms. The number of thioether (sulfide) groups is 1. The van der Waals surface area contributed by atoms with Gasteiger partial charge >= 0.3 is 0 Å². The van der Waals surface area contributed by atoms with Crippen molar-refractivity contribution in [1.82, 2.24) is 10.2 Å². The van der Waals surface area contributed by atoms with Crippen LogP contribution in [-0.4, -0.2) is 27.8 Å². The van der Waals surface area contributed by atoms with E-state index in [0.29, 0.717) is 9.47 Å². The Kier molecular flexibility index (Phi) is 5.68. The van der Waals surface area contributed by atoms with Gasteiger partial charge in [0.25, 0.3) is 0 Å². The highest BCUT2D eigenvalue weighted by atomic mass is 32.2. The summed E-state index contributed by atoms with van der Waals surface area (Å²) in [6.07, 6.45) is 1.88. The molecule has 8 heteroatoms. The van der Waals surface area contributed by atoms with Crippen molar-refractivity contribution in [3.8, 4) is 11.1 Å². The fourth-order valence-corrected chi connectivity index (χ4v) is 4.20. The fourth-order valence-electron chi connectivity index (χ4n) is 2.65. The third kappa shape index (κ3) is 4.76. The van der Waals surface area contributed by atoms with Crippen LogP contribution < -0.4 is 10.6 Å². The molecule has 0 atom stereocenters. The van der Waals surface area contributed by atoms with Crippen LogP contribution >= 0.6 is 23.1 Å². The molecule has 1 aliphatic carbocycles. The number of nitrogens with one attached hydrogen (secondary N) is 2. The molecule has 142 valence electrons. The van der Waals surface area contributed by atoms with Crippen molar-refractivity contribution in [1.29, 1.82) is 0 Å². The van der Waals surface area contributed by atoms with Gasteiger partial charge in [-0.3, -0.25) is 9.59 Å². The van der Waals surface area contributed by atoms with E-state index >= 15 is 0 Å². The highest BCUT2D eigenvalue weighted by Gasteiger charge is 2.30. The topological polar surface area (TPSA) is 84.0 Å². The van der Waals surface area contributed by atoms with E-state index in [4.69, 9.17) is 0 Å². The number of carbonyl (C=O) groups is 2. The molecule has 0 unspecified atom stereocenters. The van der Waals surface area contributed by atoms with Gasteiger partial charge in [0.05, 0.1) is 5.75 Å². The second kappa shape index (κ2) is 8.53. The van der Waals surface area contributed by atoms with E-state index in [9.17, 15) is 9.59 Å². The maximum absolute atomic E-state index is 12.4. The van der Waals surface area contributed by atoms with Crippen LogP contribution in [0.1, 0.15) is 12.8 Å². The van der Waals surface area contributed by atoms with Crippen molar-refractivity contribution >= 4 is 45.7 Å². The molecule has 1 aliphatic rings. The number of benzene rings is 2. The number of rotatable bonds is 7. The number of anilines is 2. The molecule has 0 spiro atoms. The highest BCUT2D eigenvalue weighted by molar-refractivity contribution is 8.01. The zero-order valence-electron chi connectivity index (χ0n) is 14.9. The van der Waals surface area contributed by atoms with Gasteiger partial charge in [0.2, 0.25) is 16.9 Å². The van der Waals surface area contributed by atoms with E-state index in [-0.39, 0.29) is 23.5 Å². The molecule has 2 N–H and O–H groups in total. The zero-order valence-corrected chi connectivity index (χ0v) is 16.6. The molecule has 0 aliphatic heterocycles. The van der Waals surface area contributed by atoms with Crippen LogP contribution in [0.4, 0.5) is 10.8 Å². The molecule has 4 rings (SSSR count). The first-order chi connectivity index (χ1) is 13.7. The summed E-state index contributed by atoms with van der Waals surface area (Å²) in [5.41, 5.74) is 2.79. The second-order valence-corrected chi connectivity index (χ2v) is 8.59. The smallest absolute Gasteiger partial charge is 0.234 e. The summed E-state index contributed by atoms with van der Waals surface area (Å²) >= 11 is 2.59. The molecule has 1 fully saturated rings. The van der Waals surface area contributed by atoms with Gasteiger partial charge in [-0.05, 0) is 24.5 Å². The van der Waals surface area contributed by atoms with E-state index in [1.54, 1.807) is 0 Å². The third-order valence-corrected chi connectivity index (χ3v) is 6.17. The first-order valence-electron chi connectivity index (χ1n) is 8.90. The van der Waals surface area contributed by atoms with Crippen LogP contribution in [0, 0.1) is 5.92 Å². The first kappa shape index (κ1) is 18.6. The van der Waals surface area contributed by atoms with Gasteiger partial charge < -0.3 is 10.6 Å². The van der Waals surface area contributed by atoms with Gasteiger partial charge in [-0.1, -0.05) is 71.6 Å². The average Bonchev–Trinajstić information content (AvgIpc) is 3.48. The summed E-state index contributed by atoms with van der Waals surface area (Å²) in [6.45, 7) is 0. The van der Waals surface area contributed by atoms with Gasteiger partial charge in [-0.2, -0.15) is 0 Å². The molecular weight excluding hydrogens is 392 g/mol. The van der Waals surface area contributed by atoms with Crippen molar-refractivity contribution < 1.29 is 9.59 Å². The predicted octanol–water partition coefficient (Wildman–Crippen LogP) is 4.28. The van der Waals surface area contributed by atoms with E-state index in [0.717, 1.165) is 29.7 Å². The van der Waals surface area contributed by atoms with Crippen molar-refractivity contribution in [2.45, 2.75) is 17.2 Å².